The fourth-order valence-electron chi connectivity index (χ4n) is 4.94. The lowest BCUT2D eigenvalue weighted by Gasteiger charge is -2.30. The molecular formula is C27H17Cl3N4O4S2. The van der Waals surface area contributed by atoms with Crippen molar-refractivity contribution in [2.45, 2.75) is 22.7 Å². The molecule has 2 aliphatic heterocycles. The molecule has 4 heterocycles. The van der Waals surface area contributed by atoms with Crippen LogP contribution in [-0.2, 0) is 20.9 Å². The van der Waals surface area contributed by atoms with Crippen LogP contribution in [0.2, 0.25) is 15.1 Å². The van der Waals surface area contributed by atoms with Crippen LogP contribution >= 0.6 is 57.9 Å². The number of thiazole rings is 1. The zero-order chi connectivity index (χ0) is 28.1. The summed E-state index contributed by atoms with van der Waals surface area (Å²) in [5.41, 5.74) is 1.54. The van der Waals surface area contributed by atoms with Gasteiger partial charge in [0.05, 0.1) is 26.7 Å². The van der Waals surface area contributed by atoms with Crippen LogP contribution in [0.1, 0.15) is 16.4 Å². The number of imide groups is 1. The fourth-order valence-corrected chi connectivity index (χ4v) is 8.13. The average molecular weight is 632 g/mol. The quantitative estimate of drug-likeness (QED) is 0.284. The molecule has 1 N–H and O–H groups in total. The molecule has 4 aromatic rings. The molecule has 3 atom stereocenters. The van der Waals surface area contributed by atoms with Crippen molar-refractivity contribution in [1.82, 2.24) is 9.55 Å². The van der Waals surface area contributed by atoms with Crippen LogP contribution in [0.5, 0.6) is 0 Å². The summed E-state index contributed by atoms with van der Waals surface area (Å²) in [4.78, 5) is 59.4. The van der Waals surface area contributed by atoms with Crippen LogP contribution in [0.25, 0.3) is 0 Å². The summed E-state index contributed by atoms with van der Waals surface area (Å²) in [5, 5.41) is 3.50. The Balaban J connectivity index is 1.39. The minimum Gasteiger partial charge on any atom is -0.324 e. The lowest BCUT2D eigenvalue weighted by Crippen LogP contribution is -2.33. The Bertz CT molecular complexity index is 1730. The fraction of sp³-hybridized carbons (Fsp3) is 0.148. The van der Waals surface area contributed by atoms with E-state index in [-0.39, 0.29) is 22.3 Å². The number of rotatable bonds is 5. The molecule has 1 saturated heterocycles. The summed E-state index contributed by atoms with van der Waals surface area (Å²) in [5.74, 6) is -2.58. The Morgan fingerprint density at radius 1 is 0.975 bits per heavy atom. The van der Waals surface area contributed by atoms with Gasteiger partial charge in [-0.05, 0) is 54.1 Å². The molecular weight excluding hydrogens is 615 g/mol. The number of carbonyl (C=O) groups is 3. The Labute approximate surface area is 250 Å². The number of halogens is 3. The van der Waals surface area contributed by atoms with Gasteiger partial charge in [0, 0.05) is 33.9 Å². The van der Waals surface area contributed by atoms with Gasteiger partial charge in [0.25, 0.3) is 0 Å². The zero-order valence-corrected chi connectivity index (χ0v) is 24.1. The summed E-state index contributed by atoms with van der Waals surface area (Å²) in [6, 6.07) is 14.7. The highest BCUT2D eigenvalue weighted by atomic mass is 35.5. The molecule has 6 rings (SSSR count). The lowest BCUT2D eigenvalue weighted by molar-refractivity contribution is -0.122. The van der Waals surface area contributed by atoms with Crippen molar-refractivity contribution in [3.63, 3.8) is 0 Å². The Morgan fingerprint density at radius 2 is 1.75 bits per heavy atom. The van der Waals surface area contributed by atoms with E-state index in [1.54, 1.807) is 54.9 Å². The van der Waals surface area contributed by atoms with E-state index in [1.807, 2.05) is 6.07 Å². The third-order valence-corrected chi connectivity index (χ3v) is 10.3. The van der Waals surface area contributed by atoms with Gasteiger partial charge in [0.2, 0.25) is 17.7 Å². The van der Waals surface area contributed by atoms with Crippen molar-refractivity contribution in [1.29, 1.82) is 0 Å². The van der Waals surface area contributed by atoms with Crippen LogP contribution < -0.4 is 15.1 Å². The van der Waals surface area contributed by atoms with Gasteiger partial charge in [-0.2, -0.15) is 0 Å². The molecule has 2 aliphatic rings. The van der Waals surface area contributed by atoms with Gasteiger partial charge in [-0.15, -0.1) is 0 Å². The third kappa shape index (κ3) is 4.73. The summed E-state index contributed by atoms with van der Waals surface area (Å²) in [6.07, 6.45) is 3.25. The van der Waals surface area contributed by atoms with E-state index in [9.17, 15) is 19.2 Å². The van der Waals surface area contributed by atoms with Gasteiger partial charge in [0.1, 0.15) is 11.8 Å². The molecule has 0 bridgehead atoms. The number of fused-ring (bicyclic) bond motifs is 2. The van der Waals surface area contributed by atoms with E-state index in [1.165, 1.54) is 15.5 Å². The number of thioether (sulfide) groups is 1. The smallest absolute Gasteiger partial charge is 0.308 e. The van der Waals surface area contributed by atoms with Crippen molar-refractivity contribution < 1.29 is 14.4 Å². The normalized spacial score (nSPS) is 19.9. The Hall–Kier alpha value is -3.15. The molecule has 13 heteroatoms. The second kappa shape index (κ2) is 10.7. The van der Waals surface area contributed by atoms with E-state index in [0.717, 1.165) is 23.1 Å². The molecule has 0 unspecified atom stereocenters. The van der Waals surface area contributed by atoms with Crippen LogP contribution in [0, 0.1) is 5.92 Å². The largest absolute Gasteiger partial charge is 0.324 e. The number of amides is 3. The first kappa shape index (κ1) is 27.0. The SMILES string of the molecule is O=C(Cn1c2c(sc1=O)[C@@H](c1cccnc1)[C@@H]1C(=O)N(c3ccc(Cl)cc3)C(=O)[C@@H]1S2)Nc1ccc(Cl)c(Cl)c1. The number of pyridine rings is 1. The maximum absolute atomic E-state index is 13.8. The number of nitrogens with zero attached hydrogens (tertiary/aromatic N) is 3. The van der Waals surface area contributed by atoms with Crippen molar-refractivity contribution >= 4 is 87.0 Å². The number of hydrogen-bond acceptors (Lipinski definition) is 7. The maximum Gasteiger partial charge on any atom is 0.308 e. The highest BCUT2D eigenvalue weighted by molar-refractivity contribution is 8.00. The minimum absolute atomic E-state index is 0.278. The van der Waals surface area contributed by atoms with Crippen molar-refractivity contribution in [2.24, 2.45) is 5.92 Å². The second-order valence-electron chi connectivity index (χ2n) is 9.12. The van der Waals surface area contributed by atoms with Crippen LogP contribution in [0.4, 0.5) is 11.4 Å². The Morgan fingerprint density at radius 3 is 2.45 bits per heavy atom. The van der Waals surface area contributed by atoms with Gasteiger partial charge in [-0.1, -0.05) is 64.0 Å². The third-order valence-electron chi connectivity index (χ3n) is 6.68. The molecule has 2 aromatic carbocycles. The van der Waals surface area contributed by atoms with Gasteiger partial charge in [-0.3, -0.25) is 28.7 Å². The molecule has 3 amide bonds. The van der Waals surface area contributed by atoms with E-state index >= 15 is 0 Å². The molecule has 8 nitrogen and oxygen atoms in total. The molecule has 202 valence electrons. The minimum atomic E-state index is -0.806. The summed E-state index contributed by atoms with van der Waals surface area (Å²) in [7, 11) is 0. The standard InChI is InChI=1S/C27H17Cl3N4O4S2/c28-14-3-6-16(7-4-14)34-24(36)21-20(13-2-1-9-31-11-13)23-26(39-22(21)25(34)37)33(27(38)40-23)12-19(35)32-15-5-8-17(29)18(30)10-15/h1-11,20-22H,12H2,(H,32,35)/t20-,21-,22+/m0/s1. The van der Waals surface area contributed by atoms with Crippen molar-refractivity contribution in [2.75, 3.05) is 10.2 Å². The first-order valence-corrected chi connectivity index (χ1v) is 14.7. The maximum atomic E-state index is 13.8. The van der Waals surface area contributed by atoms with E-state index < -0.39 is 28.9 Å². The molecule has 2 aromatic heterocycles. The number of carbonyl (C=O) groups excluding carboxylic acids is 3. The van der Waals surface area contributed by atoms with Crippen LogP contribution in [0.3, 0.4) is 0 Å². The van der Waals surface area contributed by atoms with E-state index in [4.69, 9.17) is 34.8 Å². The average Bonchev–Trinajstić information content (AvgIpc) is 3.38. The molecule has 0 aliphatic carbocycles. The lowest BCUT2D eigenvalue weighted by atomic mass is 9.84. The summed E-state index contributed by atoms with van der Waals surface area (Å²) >= 11 is 20.1. The number of anilines is 2. The molecule has 1 fully saturated rings. The first-order valence-electron chi connectivity index (χ1n) is 11.9. The number of nitrogens with one attached hydrogen (secondary N) is 1. The van der Waals surface area contributed by atoms with Crippen molar-refractivity contribution in [3.05, 3.63) is 102 Å². The second-order valence-corrected chi connectivity index (χ2v) is 12.5. The van der Waals surface area contributed by atoms with Gasteiger partial charge < -0.3 is 5.32 Å². The highest BCUT2D eigenvalue weighted by Gasteiger charge is 2.56. The predicted octanol–water partition coefficient (Wildman–Crippen LogP) is 5.70. The summed E-state index contributed by atoms with van der Waals surface area (Å²) in [6.45, 7) is -0.294. The number of aromatic nitrogens is 2. The highest BCUT2D eigenvalue weighted by Crippen LogP contribution is 2.53. The number of hydrogen-bond donors (Lipinski definition) is 1. The van der Waals surface area contributed by atoms with Crippen molar-refractivity contribution in [3.8, 4) is 0 Å². The first-order chi connectivity index (χ1) is 19.2. The van der Waals surface area contributed by atoms with Gasteiger partial charge >= 0.3 is 4.87 Å². The number of benzene rings is 2. The predicted molar refractivity (Wildman–Crippen MR) is 157 cm³/mol. The molecule has 0 spiro atoms. The van der Waals surface area contributed by atoms with Crippen LogP contribution in [-0.4, -0.2) is 32.5 Å². The molecule has 0 radical (unpaired) electrons. The summed E-state index contributed by atoms with van der Waals surface area (Å²) < 4.78 is 1.35. The molecule has 40 heavy (non-hydrogen) atoms. The van der Waals surface area contributed by atoms with Gasteiger partial charge in [0.15, 0.2) is 0 Å². The monoisotopic (exact) mass is 630 g/mol. The zero-order valence-electron chi connectivity index (χ0n) is 20.2. The Kier molecular flexibility index (Phi) is 7.22. The van der Waals surface area contributed by atoms with E-state index in [2.05, 4.69) is 10.3 Å². The topological polar surface area (TPSA) is 101 Å². The van der Waals surface area contributed by atoms with E-state index in [0.29, 0.717) is 36.9 Å². The molecule has 0 saturated carbocycles. The van der Waals surface area contributed by atoms with Crippen LogP contribution in [0.15, 0.2) is 76.8 Å². The van der Waals surface area contributed by atoms with Gasteiger partial charge in [-0.25, -0.2) is 4.90 Å².